The Morgan fingerprint density at radius 3 is 1.69 bits per heavy atom. The SMILES string of the molecule is CCN(CC)CC(CC)(CC)CS. The maximum absolute atomic E-state index is 4.49. The lowest BCUT2D eigenvalue weighted by Gasteiger charge is -2.35. The number of thiol groups is 1. The second-order valence-electron chi connectivity index (χ2n) is 3.83. The van der Waals surface area contributed by atoms with E-state index in [2.05, 4.69) is 45.2 Å². The zero-order chi connectivity index (χ0) is 10.3. The third kappa shape index (κ3) is 3.90. The highest BCUT2D eigenvalue weighted by atomic mass is 32.1. The Morgan fingerprint density at radius 1 is 1.00 bits per heavy atom. The Hall–Kier alpha value is 0.310. The van der Waals surface area contributed by atoms with Crippen molar-refractivity contribution in [2.75, 3.05) is 25.4 Å². The summed E-state index contributed by atoms with van der Waals surface area (Å²) in [5.74, 6) is 1.01. The van der Waals surface area contributed by atoms with Crippen LogP contribution >= 0.6 is 12.6 Å². The first-order valence-electron chi connectivity index (χ1n) is 5.51. The van der Waals surface area contributed by atoms with Gasteiger partial charge in [0.1, 0.15) is 0 Å². The first-order chi connectivity index (χ1) is 6.17. The molecule has 1 nitrogen and oxygen atoms in total. The standard InChI is InChI=1S/C11H25NS/c1-5-11(6-2,10-13)9-12(7-3)8-4/h13H,5-10H2,1-4H3. The van der Waals surface area contributed by atoms with E-state index in [0.29, 0.717) is 5.41 Å². The molecule has 0 rings (SSSR count). The molecular weight excluding hydrogens is 178 g/mol. The first-order valence-corrected chi connectivity index (χ1v) is 6.14. The van der Waals surface area contributed by atoms with Crippen LogP contribution in [0.15, 0.2) is 0 Å². The van der Waals surface area contributed by atoms with Gasteiger partial charge in [0.25, 0.3) is 0 Å². The zero-order valence-corrected chi connectivity index (χ0v) is 10.5. The van der Waals surface area contributed by atoms with Crippen molar-refractivity contribution in [1.29, 1.82) is 0 Å². The lowest BCUT2D eigenvalue weighted by molar-refractivity contribution is 0.170. The number of rotatable bonds is 7. The second kappa shape index (κ2) is 6.72. The van der Waals surface area contributed by atoms with Crippen LogP contribution in [0, 0.1) is 5.41 Å². The fourth-order valence-electron chi connectivity index (χ4n) is 1.67. The van der Waals surface area contributed by atoms with E-state index in [1.165, 1.54) is 19.4 Å². The van der Waals surface area contributed by atoms with Crippen molar-refractivity contribution < 1.29 is 0 Å². The van der Waals surface area contributed by atoms with Gasteiger partial charge in [-0.25, -0.2) is 0 Å². The van der Waals surface area contributed by atoms with Crippen LogP contribution in [0.25, 0.3) is 0 Å². The van der Waals surface area contributed by atoms with E-state index in [1.54, 1.807) is 0 Å². The molecule has 0 amide bonds. The molecule has 0 fully saturated rings. The second-order valence-corrected chi connectivity index (χ2v) is 4.14. The molecule has 0 aromatic carbocycles. The quantitative estimate of drug-likeness (QED) is 0.622. The zero-order valence-electron chi connectivity index (χ0n) is 9.64. The minimum absolute atomic E-state index is 0.440. The van der Waals surface area contributed by atoms with Crippen LogP contribution in [0.1, 0.15) is 40.5 Å². The molecule has 0 aliphatic heterocycles. The molecule has 0 saturated carbocycles. The molecule has 0 N–H and O–H groups in total. The molecule has 0 aliphatic rings. The molecule has 0 radical (unpaired) electrons. The predicted molar refractivity (Wildman–Crippen MR) is 64.7 cm³/mol. The molecule has 0 bridgehead atoms. The van der Waals surface area contributed by atoms with E-state index in [1.807, 2.05) is 0 Å². The lowest BCUT2D eigenvalue weighted by atomic mass is 9.84. The van der Waals surface area contributed by atoms with E-state index < -0.39 is 0 Å². The Labute approximate surface area is 89.3 Å². The van der Waals surface area contributed by atoms with Crippen molar-refractivity contribution >= 4 is 12.6 Å². The third-order valence-corrected chi connectivity index (χ3v) is 3.96. The molecular formula is C11H25NS. The normalized spacial score (nSPS) is 12.5. The van der Waals surface area contributed by atoms with Crippen molar-refractivity contribution in [1.82, 2.24) is 4.90 Å². The predicted octanol–water partition coefficient (Wildman–Crippen LogP) is 3.06. The van der Waals surface area contributed by atoms with E-state index in [0.717, 1.165) is 18.8 Å². The molecule has 0 heterocycles. The average molecular weight is 203 g/mol. The maximum Gasteiger partial charge on any atom is 0.00454 e. The van der Waals surface area contributed by atoms with E-state index >= 15 is 0 Å². The first kappa shape index (κ1) is 13.3. The highest BCUT2D eigenvalue weighted by molar-refractivity contribution is 7.80. The highest BCUT2D eigenvalue weighted by Gasteiger charge is 2.26. The van der Waals surface area contributed by atoms with Crippen LogP contribution in [-0.4, -0.2) is 30.3 Å². The monoisotopic (exact) mass is 203 g/mol. The molecule has 13 heavy (non-hydrogen) atoms. The summed E-state index contributed by atoms with van der Waals surface area (Å²) in [6.45, 7) is 12.6. The largest absolute Gasteiger partial charge is 0.303 e. The Bertz CT molecular complexity index is 109. The average Bonchev–Trinajstić information content (AvgIpc) is 2.21. The van der Waals surface area contributed by atoms with Gasteiger partial charge < -0.3 is 4.90 Å². The fourth-order valence-corrected chi connectivity index (χ4v) is 2.22. The molecule has 0 aromatic rings. The van der Waals surface area contributed by atoms with Gasteiger partial charge in [0.15, 0.2) is 0 Å². The van der Waals surface area contributed by atoms with Crippen molar-refractivity contribution in [3.8, 4) is 0 Å². The minimum atomic E-state index is 0.440. The van der Waals surface area contributed by atoms with Gasteiger partial charge >= 0.3 is 0 Å². The van der Waals surface area contributed by atoms with Gasteiger partial charge in [-0.3, -0.25) is 0 Å². The van der Waals surface area contributed by atoms with E-state index in [4.69, 9.17) is 0 Å². The third-order valence-electron chi connectivity index (χ3n) is 3.29. The molecule has 0 aromatic heterocycles. The Kier molecular flexibility index (Phi) is 6.88. The summed E-state index contributed by atoms with van der Waals surface area (Å²) < 4.78 is 0. The maximum atomic E-state index is 4.49. The van der Waals surface area contributed by atoms with Gasteiger partial charge in [0, 0.05) is 6.54 Å². The van der Waals surface area contributed by atoms with Crippen LogP contribution in [0.5, 0.6) is 0 Å². The molecule has 0 atom stereocenters. The lowest BCUT2D eigenvalue weighted by Crippen LogP contribution is -2.38. The molecule has 0 aliphatic carbocycles. The van der Waals surface area contributed by atoms with Crippen molar-refractivity contribution in [3.63, 3.8) is 0 Å². The molecule has 2 heteroatoms. The van der Waals surface area contributed by atoms with Crippen molar-refractivity contribution in [2.24, 2.45) is 5.41 Å². The summed E-state index contributed by atoms with van der Waals surface area (Å²) in [6, 6.07) is 0. The van der Waals surface area contributed by atoms with Crippen LogP contribution in [0.2, 0.25) is 0 Å². The van der Waals surface area contributed by atoms with Crippen LogP contribution in [-0.2, 0) is 0 Å². The Morgan fingerprint density at radius 2 is 1.46 bits per heavy atom. The molecule has 0 unspecified atom stereocenters. The summed E-state index contributed by atoms with van der Waals surface area (Å²) in [5, 5.41) is 0. The molecule has 80 valence electrons. The minimum Gasteiger partial charge on any atom is -0.303 e. The summed E-state index contributed by atoms with van der Waals surface area (Å²) in [7, 11) is 0. The van der Waals surface area contributed by atoms with E-state index in [-0.39, 0.29) is 0 Å². The van der Waals surface area contributed by atoms with Crippen LogP contribution in [0.4, 0.5) is 0 Å². The molecule has 0 saturated heterocycles. The summed E-state index contributed by atoms with van der Waals surface area (Å²) in [6.07, 6.45) is 2.48. The van der Waals surface area contributed by atoms with Gasteiger partial charge in [-0.15, -0.1) is 0 Å². The summed E-state index contributed by atoms with van der Waals surface area (Å²) in [4.78, 5) is 2.50. The van der Waals surface area contributed by atoms with E-state index in [9.17, 15) is 0 Å². The fraction of sp³-hybridized carbons (Fsp3) is 1.00. The number of hydrogen-bond donors (Lipinski definition) is 1. The van der Waals surface area contributed by atoms with Gasteiger partial charge in [-0.2, -0.15) is 12.6 Å². The van der Waals surface area contributed by atoms with Gasteiger partial charge in [-0.05, 0) is 37.1 Å². The Balaban J connectivity index is 4.21. The highest BCUT2D eigenvalue weighted by Crippen LogP contribution is 2.28. The topological polar surface area (TPSA) is 3.24 Å². The van der Waals surface area contributed by atoms with Crippen molar-refractivity contribution in [3.05, 3.63) is 0 Å². The van der Waals surface area contributed by atoms with Crippen molar-refractivity contribution in [2.45, 2.75) is 40.5 Å². The summed E-state index contributed by atoms with van der Waals surface area (Å²) in [5.41, 5.74) is 0.440. The molecule has 0 spiro atoms. The van der Waals surface area contributed by atoms with Gasteiger partial charge in [0.2, 0.25) is 0 Å². The number of nitrogens with zero attached hydrogens (tertiary/aromatic N) is 1. The summed E-state index contributed by atoms with van der Waals surface area (Å²) >= 11 is 4.49. The van der Waals surface area contributed by atoms with Crippen LogP contribution < -0.4 is 0 Å². The van der Waals surface area contributed by atoms with Gasteiger partial charge in [-0.1, -0.05) is 27.7 Å². The number of hydrogen-bond acceptors (Lipinski definition) is 2. The smallest absolute Gasteiger partial charge is 0.00454 e. The van der Waals surface area contributed by atoms with Crippen LogP contribution in [0.3, 0.4) is 0 Å². The van der Waals surface area contributed by atoms with Gasteiger partial charge in [0.05, 0.1) is 0 Å².